The molecular weight excluding hydrogens is 274 g/mol. The maximum Gasteiger partial charge on any atom is 0.387 e. The maximum absolute atomic E-state index is 12.4. The molecule has 1 aliphatic heterocycles. The van der Waals surface area contributed by atoms with Crippen molar-refractivity contribution >= 4 is 0 Å². The van der Waals surface area contributed by atoms with E-state index < -0.39 is 6.61 Å². The number of likely N-dealkylation sites (tertiary alicyclic amines) is 1. The van der Waals surface area contributed by atoms with Crippen LogP contribution >= 0.6 is 0 Å². The van der Waals surface area contributed by atoms with Crippen molar-refractivity contribution in [2.45, 2.75) is 57.5 Å². The number of hydrogen-bond acceptors (Lipinski definition) is 3. The fourth-order valence-electron chi connectivity index (χ4n) is 3.23. The molecule has 0 aromatic heterocycles. The van der Waals surface area contributed by atoms with Gasteiger partial charge in [0.1, 0.15) is 5.75 Å². The maximum atomic E-state index is 12.4. The second kappa shape index (κ2) is 6.28. The number of alkyl halides is 2. The molecule has 0 amide bonds. The summed E-state index contributed by atoms with van der Waals surface area (Å²) in [4.78, 5) is 2.57. The van der Waals surface area contributed by atoms with Gasteiger partial charge in [-0.15, -0.1) is 0 Å². The van der Waals surface area contributed by atoms with E-state index in [0.717, 1.165) is 24.6 Å². The first kappa shape index (κ1) is 14.7. The van der Waals surface area contributed by atoms with Gasteiger partial charge < -0.3 is 10.1 Å². The van der Waals surface area contributed by atoms with Crippen LogP contribution in [0.4, 0.5) is 8.78 Å². The van der Waals surface area contributed by atoms with Crippen LogP contribution in [0.5, 0.6) is 5.75 Å². The smallest absolute Gasteiger partial charge is 0.387 e. The number of rotatable bonds is 6. The Kier molecular flexibility index (Phi) is 4.40. The monoisotopic (exact) mass is 296 g/mol. The molecule has 2 fully saturated rings. The molecule has 2 aliphatic rings. The fourth-order valence-corrected chi connectivity index (χ4v) is 3.23. The molecule has 1 N–H and O–H groups in total. The topological polar surface area (TPSA) is 24.5 Å². The van der Waals surface area contributed by atoms with E-state index in [9.17, 15) is 8.78 Å². The number of halogens is 2. The second-order valence-corrected chi connectivity index (χ2v) is 6.08. The lowest BCUT2D eigenvalue weighted by molar-refractivity contribution is -0.0505. The minimum atomic E-state index is -2.77. The molecule has 0 radical (unpaired) electrons. The molecule has 0 spiro atoms. The van der Waals surface area contributed by atoms with Crippen molar-refractivity contribution in [2.75, 3.05) is 6.54 Å². The molecule has 1 aromatic carbocycles. The molecule has 1 saturated heterocycles. The van der Waals surface area contributed by atoms with Gasteiger partial charge in [0.2, 0.25) is 0 Å². The molecule has 116 valence electrons. The summed E-state index contributed by atoms with van der Waals surface area (Å²) >= 11 is 0. The summed E-state index contributed by atoms with van der Waals surface area (Å²) in [5.74, 6) is 0.269. The van der Waals surface area contributed by atoms with E-state index in [1.807, 2.05) is 12.1 Å². The normalized spacial score (nSPS) is 26.5. The van der Waals surface area contributed by atoms with E-state index in [0.29, 0.717) is 18.6 Å². The van der Waals surface area contributed by atoms with Gasteiger partial charge in [0, 0.05) is 36.8 Å². The number of hydrogen-bond donors (Lipinski definition) is 1. The van der Waals surface area contributed by atoms with Gasteiger partial charge in [-0.05, 0) is 32.3 Å². The van der Waals surface area contributed by atoms with Crippen molar-refractivity contribution in [1.82, 2.24) is 10.2 Å². The molecule has 3 nitrogen and oxygen atoms in total. The van der Waals surface area contributed by atoms with Crippen molar-refractivity contribution in [1.29, 1.82) is 0 Å². The van der Waals surface area contributed by atoms with Crippen molar-refractivity contribution in [3.8, 4) is 5.75 Å². The van der Waals surface area contributed by atoms with Crippen LogP contribution in [0.2, 0.25) is 0 Å². The SMILES string of the molecule is CC1CC(NCc2ccccc2OC(F)F)CN1C1CC1. The van der Waals surface area contributed by atoms with Gasteiger partial charge in [-0.2, -0.15) is 8.78 Å². The van der Waals surface area contributed by atoms with E-state index in [1.165, 1.54) is 12.8 Å². The summed E-state index contributed by atoms with van der Waals surface area (Å²) in [6, 6.07) is 8.82. The van der Waals surface area contributed by atoms with E-state index in [2.05, 4.69) is 21.9 Å². The van der Waals surface area contributed by atoms with Crippen LogP contribution in [-0.4, -0.2) is 36.2 Å². The van der Waals surface area contributed by atoms with Gasteiger partial charge in [-0.25, -0.2) is 0 Å². The predicted molar refractivity (Wildman–Crippen MR) is 77.5 cm³/mol. The van der Waals surface area contributed by atoms with Gasteiger partial charge in [0.05, 0.1) is 0 Å². The number of nitrogens with one attached hydrogen (secondary N) is 1. The van der Waals surface area contributed by atoms with Crippen LogP contribution in [0.15, 0.2) is 24.3 Å². The zero-order valence-corrected chi connectivity index (χ0v) is 12.3. The van der Waals surface area contributed by atoms with E-state index in [-0.39, 0.29) is 5.75 Å². The lowest BCUT2D eigenvalue weighted by Crippen LogP contribution is -2.33. The molecule has 1 aliphatic carbocycles. The average Bonchev–Trinajstić information content (AvgIpc) is 3.21. The molecule has 21 heavy (non-hydrogen) atoms. The van der Waals surface area contributed by atoms with Gasteiger partial charge in [-0.3, -0.25) is 4.90 Å². The largest absolute Gasteiger partial charge is 0.434 e. The fraction of sp³-hybridized carbons (Fsp3) is 0.625. The third-order valence-electron chi connectivity index (χ3n) is 4.41. The summed E-state index contributed by atoms with van der Waals surface area (Å²) < 4.78 is 29.3. The van der Waals surface area contributed by atoms with Crippen molar-refractivity contribution in [2.24, 2.45) is 0 Å². The van der Waals surface area contributed by atoms with Crippen molar-refractivity contribution in [3.05, 3.63) is 29.8 Å². The Hall–Kier alpha value is -1.20. The first-order chi connectivity index (χ1) is 10.1. The lowest BCUT2D eigenvalue weighted by Gasteiger charge is -2.20. The van der Waals surface area contributed by atoms with Crippen molar-refractivity contribution in [3.63, 3.8) is 0 Å². The third kappa shape index (κ3) is 3.71. The Morgan fingerprint density at radius 2 is 2.10 bits per heavy atom. The highest BCUT2D eigenvalue weighted by atomic mass is 19.3. The number of para-hydroxylation sites is 1. The molecule has 1 heterocycles. The highest BCUT2D eigenvalue weighted by Gasteiger charge is 2.38. The Balaban J connectivity index is 1.55. The summed E-state index contributed by atoms with van der Waals surface area (Å²) in [6.45, 7) is 1.12. The van der Waals surface area contributed by atoms with Crippen molar-refractivity contribution < 1.29 is 13.5 Å². The highest BCUT2D eigenvalue weighted by molar-refractivity contribution is 5.33. The average molecular weight is 296 g/mol. The Labute approximate surface area is 124 Å². The third-order valence-corrected chi connectivity index (χ3v) is 4.41. The van der Waals surface area contributed by atoms with E-state index >= 15 is 0 Å². The second-order valence-electron chi connectivity index (χ2n) is 6.08. The first-order valence-corrected chi connectivity index (χ1v) is 7.65. The number of benzene rings is 1. The molecule has 1 aromatic rings. The van der Waals surface area contributed by atoms with Crippen LogP contribution in [0.3, 0.4) is 0 Å². The molecule has 0 bridgehead atoms. The molecular formula is C16H22F2N2O. The summed E-state index contributed by atoms with van der Waals surface area (Å²) in [5, 5.41) is 3.49. The molecule has 2 atom stereocenters. The highest BCUT2D eigenvalue weighted by Crippen LogP contribution is 2.33. The minimum Gasteiger partial charge on any atom is -0.434 e. The van der Waals surface area contributed by atoms with Crippen LogP contribution < -0.4 is 10.1 Å². The molecule has 1 saturated carbocycles. The molecule has 2 unspecified atom stereocenters. The summed E-state index contributed by atoms with van der Waals surface area (Å²) in [5.41, 5.74) is 0.787. The Bertz CT molecular complexity index is 479. The van der Waals surface area contributed by atoms with E-state index in [4.69, 9.17) is 0 Å². The quantitative estimate of drug-likeness (QED) is 0.873. The predicted octanol–water partition coefficient (Wildman–Crippen LogP) is 3.00. The zero-order valence-electron chi connectivity index (χ0n) is 12.3. The first-order valence-electron chi connectivity index (χ1n) is 7.65. The van der Waals surface area contributed by atoms with E-state index in [1.54, 1.807) is 12.1 Å². The van der Waals surface area contributed by atoms with Gasteiger partial charge >= 0.3 is 6.61 Å². The van der Waals surface area contributed by atoms with Crippen LogP contribution in [-0.2, 0) is 6.54 Å². The molecule has 5 heteroatoms. The lowest BCUT2D eigenvalue weighted by atomic mass is 10.1. The molecule has 3 rings (SSSR count). The number of nitrogens with zero attached hydrogens (tertiary/aromatic N) is 1. The zero-order chi connectivity index (χ0) is 14.8. The minimum absolute atomic E-state index is 0.269. The van der Waals surface area contributed by atoms with Crippen LogP contribution in [0, 0.1) is 0 Å². The number of ether oxygens (including phenoxy) is 1. The van der Waals surface area contributed by atoms with Crippen LogP contribution in [0.25, 0.3) is 0 Å². The standard InChI is InChI=1S/C16H22F2N2O/c1-11-8-13(10-20(11)14-6-7-14)19-9-12-4-2-3-5-15(12)21-16(17)18/h2-5,11,13-14,16,19H,6-10H2,1H3. The summed E-state index contributed by atoms with van der Waals surface area (Å²) in [6.07, 6.45) is 3.76. The van der Waals surface area contributed by atoms with Gasteiger partial charge in [0.25, 0.3) is 0 Å². The van der Waals surface area contributed by atoms with Gasteiger partial charge in [-0.1, -0.05) is 18.2 Å². The Morgan fingerprint density at radius 1 is 1.33 bits per heavy atom. The summed E-state index contributed by atoms with van der Waals surface area (Å²) in [7, 11) is 0. The van der Waals surface area contributed by atoms with Gasteiger partial charge in [0.15, 0.2) is 0 Å². The van der Waals surface area contributed by atoms with Crippen LogP contribution in [0.1, 0.15) is 31.7 Å². The Morgan fingerprint density at radius 3 is 2.81 bits per heavy atom.